The number of benzene rings is 1. The lowest BCUT2D eigenvalue weighted by Crippen LogP contribution is -2.17. The van der Waals surface area contributed by atoms with Gasteiger partial charge in [0.15, 0.2) is 0 Å². The van der Waals surface area contributed by atoms with E-state index in [-0.39, 0.29) is 52.3 Å². The van der Waals surface area contributed by atoms with Crippen molar-refractivity contribution in [3.8, 4) is 11.5 Å². The number of alkyl halides is 5. The van der Waals surface area contributed by atoms with E-state index in [4.69, 9.17) is 13.8 Å². The Morgan fingerprint density at radius 1 is 1.13 bits per heavy atom. The first kappa shape index (κ1) is 25.3. The van der Waals surface area contributed by atoms with Crippen molar-refractivity contribution in [1.82, 2.24) is 0 Å². The van der Waals surface area contributed by atoms with Crippen LogP contribution in [0.4, 0.5) is 22.0 Å². The molecule has 30 heavy (non-hydrogen) atoms. The number of rotatable bonds is 10. The van der Waals surface area contributed by atoms with Gasteiger partial charge in [-0.25, -0.2) is 0 Å². The molecule has 5 nitrogen and oxygen atoms in total. The maximum absolute atomic E-state index is 15.2. The van der Waals surface area contributed by atoms with Crippen molar-refractivity contribution >= 4 is 44.9 Å². The molecule has 1 aromatic carbocycles. The zero-order valence-corrected chi connectivity index (χ0v) is 19.2. The Hall–Kier alpha value is -0.940. The maximum atomic E-state index is 15.2. The van der Waals surface area contributed by atoms with Crippen LogP contribution in [0, 0.1) is 0 Å². The average Bonchev–Trinajstić information content (AvgIpc) is 2.95. The molecule has 0 aliphatic rings. The number of hydrogen-bond donors (Lipinski definition) is 1. The van der Waals surface area contributed by atoms with Crippen molar-refractivity contribution in [1.29, 1.82) is 0 Å². The molecular weight excluding hydrogens is 522 g/mol. The fourth-order valence-corrected chi connectivity index (χ4v) is 6.56. The van der Waals surface area contributed by atoms with Crippen molar-refractivity contribution < 1.29 is 45.4 Å². The van der Waals surface area contributed by atoms with Gasteiger partial charge in [-0.2, -0.15) is 22.0 Å². The predicted octanol–water partition coefficient (Wildman–Crippen LogP) is 7.41. The third-order valence-electron chi connectivity index (χ3n) is 3.76. The molecule has 0 saturated carbocycles. The van der Waals surface area contributed by atoms with Gasteiger partial charge in [0.25, 0.3) is 0 Å². The molecule has 2 aromatic rings. The van der Waals surface area contributed by atoms with E-state index >= 15 is 8.78 Å². The molecule has 0 spiro atoms. The molecule has 0 aliphatic carbocycles. The lowest BCUT2D eigenvalue weighted by atomic mass is 10.2. The number of halogens is 6. The molecule has 0 amide bonds. The van der Waals surface area contributed by atoms with Gasteiger partial charge in [0.2, 0.25) is 0 Å². The molecule has 0 fully saturated rings. The molecular formula is C17H19BrF5O5PS. The highest BCUT2D eigenvalue weighted by molar-refractivity contribution is 9.10. The summed E-state index contributed by atoms with van der Waals surface area (Å²) in [6.07, 6.45) is -5.77. The van der Waals surface area contributed by atoms with Gasteiger partial charge in [-0.3, -0.25) is 4.57 Å². The minimum atomic E-state index is -4.88. The number of aromatic hydroxyl groups is 1. The summed E-state index contributed by atoms with van der Waals surface area (Å²) < 4.78 is 94.8. The lowest BCUT2D eigenvalue weighted by molar-refractivity contribution is -0.136. The van der Waals surface area contributed by atoms with E-state index in [0.717, 1.165) is 6.07 Å². The van der Waals surface area contributed by atoms with E-state index in [1.165, 1.54) is 19.9 Å². The second kappa shape index (κ2) is 9.68. The zero-order valence-electron chi connectivity index (χ0n) is 15.9. The number of ether oxygens (including phenoxy) is 1. The first-order valence-corrected chi connectivity index (χ1v) is 11.9. The van der Waals surface area contributed by atoms with Crippen LogP contribution in [-0.2, 0) is 19.3 Å². The van der Waals surface area contributed by atoms with Gasteiger partial charge in [-0.05, 0) is 42.3 Å². The zero-order chi connectivity index (χ0) is 22.7. The summed E-state index contributed by atoms with van der Waals surface area (Å²) in [5.41, 5.74) is -4.02. The monoisotopic (exact) mass is 540 g/mol. The van der Waals surface area contributed by atoms with Crippen molar-refractivity contribution in [3.63, 3.8) is 0 Å². The van der Waals surface area contributed by atoms with Crippen LogP contribution in [0.2, 0.25) is 0 Å². The molecule has 170 valence electrons. The maximum Gasteiger partial charge on any atom is 0.405 e. The SMILES string of the molecule is CCOP(=O)(OCC)C(F)(F)c1sc2c(OCCCC(F)(F)F)cc(O)cc2c1Br. The van der Waals surface area contributed by atoms with Gasteiger partial charge in [-0.1, -0.05) is 0 Å². The summed E-state index contributed by atoms with van der Waals surface area (Å²) in [5, 5.41) is 10.0. The summed E-state index contributed by atoms with van der Waals surface area (Å²) in [4.78, 5) is -0.673. The molecule has 0 unspecified atom stereocenters. The second-order valence-corrected chi connectivity index (χ2v) is 9.89. The molecule has 0 radical (unpaired) electrons. The third-order valence-corrected chi connectivity index (χ3v) is 8.39. The Morgan fingerprint density at radius 2 is 1.73 bits per heavy atom. The Labute approximate surface area is 181 Å². The highest BCUT2D eigenvalue weighted by Gasteiger charge is 2.57. The van der Waals surface area contributed by atoms with Crippen LogP contribution >= 0.6 is 34.9 Å². The molecule has 13 heteroatoms. The van der Waals surface area contributed by atoms with Crippen LogP contribution in [-0.4, -0.2) is 31.1 Å². The molecule has 2 rings (SSSR count). The molecule has 1 heterocycles. The summed E-state index contributed by atoms with van der Waals surface area (Å²) in [6.45, 7) is 1.91. The highest BCUT2D eigenvalue weighted by atomic mass is 79.9. The van der Waals surface area contributed by atoms with E-state index in [1.54, 1.807) is 0 Å². The van der Waals surface area contributed by atoms with Crippen molar-refractivity contribution in [2.24, 2.45) is 0 Å². The predicted molar refractivity (Wildman–Crippen MR) is 107 cm³/mol. The Morgan fingerprint density at radius 3 is 2.27 bits per heavy atom. The molecule has 0 aliphatic heterocycles. The topological polar surface area (TPSA) is 65.0 Å². The molecule has 0 atom stereocenters. The molecule has 0 bridgehead atoms. The van der Waals surface area contributed by atoms with Gasteiger partial charge in [0, 0.05) is 22.3 Å². The van der Waals surface area contributed by atoms with Gasteiger partial charge >= 0.3 is 19.4 Å². The van der Waals surface area contributed by atoms with Crippen LogP contribution in [0.15, 0.2) is 16.6 Å². The van der Waals surface area contributed by atoms with Crippen molar-refractivity contribution in [2.75, 3.05) is 19.8 Å². The van der Waals surface area contributed by atoms with Crippen LogP contribution < -0.4 is 4.74 Å². The molecule has 1 N–H and O–H groups in total. The van der Waals surface area contributed by atoms with Crippen LogP contribution in [0.25, 0.3) is 10.1 Å². The molecule has 1 aromatic heterocycles. The number of fused-ring (bicyclic) bond motifs is 1. The van der Waals surface area contributed by atoms with Crippen LogP contribution in [0.1, 0.15) is 31.6 Å². The highest BCUT2D eigenvalue weighted by Crippen LogP contribution is 2.69. The van der Waals surface area contributed by atoms with Crippen molar-refractivity contribution in [2.45, 2.75) is 38.5 Å². The minimum Gasteiger partial charge on any atom is -0.508 e. The smallest absolute Gasteiger partial charge is 0.405 e. The Balaban J connectivity index is 2.46. The number of phenols is 1. The standard InChI is InChI=1S/C17H19BrF5O5PS/c1-3-27-29(25,28-4-2)17(22,23)15-13(18)11-8-10(24)9-12(14(11)30-15)26-7-5-6-16(19,20)21/h8-9,24H,3-7H2,1-2H3. The fourth-order valence-electron chi connectivity index (χ4n) is 2.54. The Kier molecular flexibility index (Phi) is 8.17. The van der Waals surface area contributed by atoms with Gasteiger partial charge in [0.1, 0.15) is 16.4 Å². The van der Waals surface area contributed by atoms with E-state index in [2.05, 4.69) is 15.9 Å². The largest absolute Gasteiger partial charge is 0.508 e. The molecule has 0 saturated heterocycles. The van der Waals surface area contributed by atoms with E-state index in [9.17, 15) is 22.8 Å². The van der Waals surface area contributed by atoms with Crippen molar-refractivity contribution in [3.05, 3.63) is 21.5 Å². The summed E-state index contributed by atoms with van der Waals surface area (Å²) in [5.74, 6) is -0.401. The number of hydrogen-bond acceptors (Lipinski definition) is 6. The first-order chi connectivity index (χ1) is 13.9. The second-order valence-electron chi connectivity index (χ2n) is 6.01. The summed E-state index contributed by atoms with van der Waals surface area (Å²) in [6, 6.07) is 2.30. The van der Waals surface area contributed by atoms with Gasteiger partial charge in [0.05, 0.1) is 24.5 Å². The number of thiophene rings is 1. The normalized spacial score (nSPS) is 13.2. The van der Waals surface area contributed by atoms with Crippen LogP contribution in [0.3, 0.4) is 0 Å². The van der Waals surface area contributed by atoms with E-state index < -0.39 is 30.7 Å². The summed E-state index contributed by atoms with van der Waals surface area (Å²) in [7, 11) is -4.88. The minimum absolute atomic E-state index is 0.0671. The van der Waals surface area contributed by atoms with Gasteiger partial charge < -0.3 is 18.9 Å². The van der Waals surface area contributed by atoms with E-state index in [0.29, 0.717) is 11.3 Å². The third kappa shape index (κ3) is 5.45. The summed E-state index contributed by atoms with van der Waals surface area (Å²) >= 11 is 3.56. The first-order valence-electron chi connectivity index (χ1n) is 8.78. The average molecular weight is 541 g/mol. The lowest BCUT2D eigenvalue weighted by Gasteiger charge is -2.25. The fraction of sp³-hybridized carbons (Fsp3) is 0.529. The van der Waals surface area contributed by atoms with Crippen LogP contribution in [0.5, 0.6) is 11.5 Å². The Bertz CT molecular complexity index is 923. The quantitative estimate of drug-likeness (QED) is 0.193. The number of phenolic OH excluding ortho intramolecular Hbond substituents is 1. The van der Waals surface area contributed by atoms with E-state index in [1.807, 2.05) is 0 Å². The van der Waals surface area contributed by atoms with Gasteiger partial charge in [-0.15, -0.1) is 11.3 Å².